The highest BCUT2D eigenvalue weighted by Gasteiger charge is 2.18. The summed E-state index contributed by atoms with van der Waals surface area (Å²) in [6, 6.07) is 80.9. The highest BCUT2D eigenvalue weighted by Crippen LogP contribution is 2.41. The van der Waals surface area contributed by atoms with E-state index in [9.17, 15) is 0 Å². The first-order valence-corrected chi connectivity index (χ1v) is 22.4. The van der Waals surface area contributed by atoms with Gasteiger partial charge >= 0.3 is 0 Å². The van der Waals surface area contributed by atoms with Crippen LogP contribution in [0.5, 0.6) is 0 Å². The second-order valence-corrected chi connectivity index (χ2v) is 17.4. The topological polar surface area (TPSA) is 0 Å². The van der Waals surface area contributed by atoms with Gasteiger partial charge in [-0.3, -0.25) is 0 Å². The molecule has 0 heterocycles. The van der Waals surface area contributed by atoms with Crippen LogP contribution in [0.1, 0.15) is 22.3 Å². The monoisotopic (exact) mass is 816 g/mol. The van der Waals surface area contributed by atoms with Crippen molar-refractivity contribution in [2.45, 2.75) is 27.7 Å². The SMILES string of the molecule is Cc1c(C)c2c(C)c(C)c1-c1ccc(cc1)-c1ccc(cc1)-c1ccc(cc1)-c1ccc(cc1)-c1ccc(cc1)-c1ccc(cc1)-c1ccc(cc1)-c1ccc(cc1)-c1ccc-2cc1. The third-order valence-corrected chi connectivity index (χ3v) is 13.8. The molecule has 20 bridgehead atoms. The van der Waals surface area contributed by atoms with Crippen molar-refractivity contribution in [3.05, 3.63) is 241 Å². The van der Waals surface area contributed by atoms with E-state index < -0.39 is 0 Å². The minimum Gasteiger partial charge on any atom is -0.0538 e. The lowest BCUT2D eigenvalue weighted by Crippen LogP contribution is -2.00. The van der Waals surface area contributed by atoms with Gasteiger partial charge in [-0.25, -0.2) is 0 Å². The zero-order valence-corrected chi connectivity index (χ0v) is 36.8. The summed E-state index contributed by atoms with van der Waals surface area (Å²) < 4.78 is 0. The molecule has 10 aromatic rings. The number of rotatable bonds is 0. The van der Waals surface area contributed by atoms with E-state index in [1.807, 2.05) is 0 Å². The molecule has 0 heteroatoms. The van der Waals surface area contributed by atoms with E-state index in [2.05, 4.69) is 246 Å². The lowest BCUT2D eigenvalue weighted by Gasteiger charge is -2.21. The average Bonchev–Trinajstić information content (AvgIpc) is 3.36. The molecule has 28 aliphatic carbocycles. The maximum Gasteiger partial charge on any atom is -0.0120 e. The van der Waals surface area contributed by atoms with E-state index in [0.717, 1.165) is 0 Å². The second-order valence-electron chi connectivity index (χ2n) is 17.4. The van der Waals surface area contributed by atoms with Gasteiger partial charge in [0.05, 0.1) is 0 Å². The van der Waals surface area contributed by atoms with Gasteiger partial charge in [0.1, 0.15) is 0 Å². The van der Waals surface area contributed by atoms with Crippen LogP contribution in [-0.2, 0) is 0 Å². The molecule has 0 fully saturated rings. The summed E-state index contributed by atoms with van der Waals surface area (Å²) in [5.41, 5.74) is 30.0. The summed E-state index contributed by atoms with van der Waals surface area (Å²) in [5, 5.41) is 0. The summed E-state index contributed by atoms with van der Waals surface area (Å²) in [6.45, 7) is 9.14. The average molecular weight is 817 g/mol. The maximum atomic E-state index is 2.30. The zero-order valence-electron chi connectivity index (χ0n) is 36.8. The molecule has 38 rings (SSSR count). The minimum atomic E-state index is 1.21. The van der Waals surface area contributed by atoms with E-state index in [0.29, 0.717) is 0 Å². The van der Waals surface area contributed by atoms with E-state index in [-0.39, 0.29) is 0 Å². The Morgan fingerprint density at radius 1 is 0.125 bits per heavy atom. The Labute approximate surface area is 377 Å². The van der Waals surface area contributed by atoms with E-state index >= 15 is 0 Å². The van der Waals surface area contributed by atoms with E-state index in [4.69, 9.17) is 0 Å². The molecule has 0 N–H and O–H groups in total. The predicted octanol–water partition coefficient (Wildman–Crippen LogP) is 17.9. The Kier molecular flexibility index (Phi) is 9.86. The van der Waals surface area contributed by atoms with Crippen molar-refractivity contribution in [1.82, 2.24) is 0 Å². The largest absolute Gasteiger partial charge is 0.0538 e. The summed E-state index contributed by atoms with van der Waals surface area (Å²) in [4.78, 5) is 0. The van der Waals surface area contributed by atoms with E-state index in [1.54, 1.807) is 0 Å². The van der Waals surface area contributed by atoms with Gasteiger partial charge in [0.2, 0.25) is 0 Å². The van der Waals surface area contributed by atoms with Crippen LogP contribution in [0, 0.1) is 27.7 Å². The molecular weight excluding hydrogens is 769 g/mol. The molecule has 0 aliphatic heterocycles. The third kappa shape index (κ3) is 7.18. The molecule has 304 valence electrons. The van der Waals surface area contributed by atoms with Crippen LogP contribution in [-0.4, -0.2) is 0 Å². The fraction of sp³-hybridized carbons (Fsp3) is 0.0625. The van der Waals surface area contributed by atoms with Crippen LogP contribution in [0.4, 0.5) is 0 Å². The van der Waals surface area contributed by atoms with Gasteiger partial charge in [-0.2, -0.15) is 0 Å². The smallest absolute Gasteiger partial charge is 0.0120 e. The number of hydrogen-bond donors (Lipinski definition) is 0. The van der Waals surface area contributed by atoms with Crippen LogP contribution >= 0.6 is 0 Å². The number of benzene rings is 10. The molecule has 0 aromatic heterocycles. The Balaban J connectivity index is 0.940. The van der Waals surface area contributed by atoms with Gasteiger partial charge in [-0.15, -0.1) is 0 Å². The molecular formula is C64H48. The highest BCUT2D eigenvalue weighted by atomic mass is 14.2. The Bertz CT molecular complexity index is 3020. The molecule has 0 nitrogen and oxygen atoms in total. The maximum absolute atomic E-state index is 2.30. The highest BCUT2D eigenvalue weighted by molar-refractivity contribution is 5.85. The second kappa shape index (κ2) is 16.2. The van der Waals surface area contributed by atoms with Crippen LogP contribution in [0.25, 0.3) is 111 Å². The Hall–Kier alpha value is -7.80. The molecule has 0 saturated heterocycles. The van der Waals surface area contributed by atoms with Crippen LogP contribution in [0.15, 0.2) is 218 Å². The normalized spacial score (nSPS) is 11.4. The molecule has 0 unspecified atom stereocenters. The van der Waals surface area contributed by atoms with Gasteiger partial charge < -0.3 is 0 Å². The third-order valence-electron chi connectivity index (χ3n) is 13.8. The summed E-state index contributed by atoms with van der Waals surface area (Å²) >= 11 is 0. The lowest BCUT2D eigenvalue weighted by atomic mass is 9.83. The van der Waals surface area contributed by atoms with Crippen molar-refractivity contribution in [2.24, 2.45) is 0 Å². The van der Waals surface area contributed by atoms with Gasteiger partial charge in [-0.1, -0.05) is 218 Å². The quantitative estimate of drug-likeness (QED) is 0.143. The summed E-state index contributed by atoms with van der Waals surface area (Å²) in [6.07, 6.45) is 0. The molecule has 10 aromatic carbocycles. The van der Waals surface area contributed by atoms with Crippen LogP contribution < -0.4 is 0 Å². The fourth-order valence-electron chi connectivity index (χ4n) is 9.82. The van der Waals surface area contributed by atoms with Gasteiger partial charge in [0.25, 0.3) is 0 Å². The summed E-state index contributed by atoms with van der Waals surface area (Å²) in [7, 11) is 0. The molecule has 64 heavy (non-hydrogen) atoms. The van der Waals surface area contributed by atoms with Crippen molar-refractivity contribution in [2.75, 3.05) is 0 Å². The first kappa shape index (κ1) is 39.1. The molecule has 28 aliphatic rings. The van der Waals surface area contributed by atoms with Crippen molar-refractivity contribution in [3.63, 3.8) is 0 Å². The van der Waals surface area contributed by atoms with Crippen molar-refractivity contribution < 1.29 is 0 Å². The molecule has 0 radical (unpaired) electrons. The molecule has 0 amide bonds. The molecule has 0 atom stereocenters. The molecule has 0 spiro atoms. The van der Waals surface area contributed by atoms with E-state index in [1.165, 1.54) is 134 Å². The van der Waals surface area contributed by atoms with Crippen molar-refractivity contribution >= 4 is 0 Å². The minimum absolute atomic E-state index is 1.21. The predicted molar refractivity (Wildman–Crippen MR) is 273 cm³/mol. The van der Waals surface area contributed by atoms with Gasteiger partial charge in [0, 0.05) is 0 Å². The van der Waals surface area contributed by atoms with Crippen molar-refractivity contribution in [3.8, 4) is 111 Å². The van der Waals surface area contributed by atoms with Gasteiger partial charge in [-0.05, 0) is 161 Å². The Morgan fingerprint density at radius 3 is 0.297 bits per heavy atom. The Morgan fingerprint density at radius 2 is 0.203 bits per heavy atom. The van der Waals surface area contributed by atoms with Gasteiger partial charge in [0.15, 0.2) is 0 Å². The summed E-state index contributed by atoms with van der Waals surface area (Å²) in [5.74, 6) is 0. The van der Waals surface area contributed by atoms with Crippen LogP contribution in [0.3, 0.4) is 0 Å². The zero-order chi connectivity index (χ0) is 43.3. The van der Waals surface area contributed by atoms with Crippen molar-refractivity contribution in [1.29, 1.82) is 0 Å². The number of hydrogen-bond acceptors (Lipinski definition) is 0. The fourth-order valence-corrected chi connectivity index (χ4v) is 9.82. The van der Waals surface area contributed by atoms with Crippen LogP contribution in [0.2, 0.25) is 0 Å². The first-order valence-electron chi connectivity index (χ1n) is 22.4. The first-order chi connectivity index (χ1) is 31.3. The standard InChI is InChI=1S/C64H48/c1-41-42(2)64-44(4)43(3)63(41)61-37-33-59(34-38-61)57-29-25-55(26-30-57)53-21-17-51(18-22-53)49-13-9-47(10-14-49)45-5-7-46(8-6-45)48-11-15-50(16-12-48)52-19-23-54(24-20-52)56-27-31-58(32-28-56)60-35-39-62(64)40-36-60/h5-40H,1-4H3. The molecule has 0 saturated carbocycles. The lowest BCUT2D eigenvalue weighted by molar-refractivity contribution is 1.25.